The van der Waals surface area contributed by atoms with Crippen molar-refractivity contribution < 1.29 is 14.0 Å². The van der Waals surface area contributed by atoms with Crippen LogP contribution in [0.1, 0.15) is 21.8 Å². The fourth-order valence-corrected chi connectivity index (χ4v) is 5.28. The Kier molecular flexibility index (Phi) is 7.26. The average Bonchev–Trinajstić information content (AvgIpc) is 3.33. The van der Waals surface area contributed by atoms with Gasteiger partial charge in [0, 0.05) is 27.3 Å². The first kappa shape index (κ1) is 25.4. The second-order valence-electron chi connectivity index (χ2n) is 7.60. The van der Waals surface area contributed by atoms with Crippen molar-refractivity contribution in [1.29, 1.82) is 0 Å². The number of hydrogen-bond donors (Lipinski definition) is 2. The van der Waals surface area contributed by atoms with Gasteiger partial charge in [0.2, 0.25) is 5.91 Å². The van der Waals surface area contributed by atoms with E-state index in [0.29, 0.717) is 21.3 Å². The van der Waals surface area contributed by atoms with Crippen molar-refractivity contribution in [2.24, 2.45) is 5.92 Å². The van der Waals surface area contributed by atoms with Crippen LogP contribution < -0.4 is 10.6 Å². The molecule has 1 aliphatic rings. The maximum Gasteiger partial charge on any atom is 0.257 e. The van der Waals surface area contributed by atoms with Crippen molar-refractivity contribution in [3.63, 3.8) is 0 Å². The number of carbonyl (C=O) groups excluding carboxylic acids is 2. The van der Waals surface area contributed by atoms with Gasteiger partial charge in [-0.25, -0.2) is 4.39 Å². The zero-order valence-electron chi connectivity index (χ0n) is 16.8. The molecule has 4 nitrogen and oxygen atoms in total. The van der Waals surface area contributed by atoms with Gasteiger partial charge < -0.3 is 10.6 Å². The first-order valence-electron chi connectivity index (χ1n) is 9.68. The Bertz CT molecular complexity index is 1300. The van der Waals surface area contributed by atoms with E-state index in [0.717, 1.165) is 6.07 Å². The number of benzene rings is 3. The van der Waals surface area contributed by atoms with E-state index >= 15 is 0 Å². The highest BCUT2D eigenvalue weighted by Gasteiger charge is 2.67. The summed E-state index contributed by atoms with van der Waals surface area (Å²) in [4.78, 5) is 25.6. The Hall–Kier alpha value is -1.73. The molecule has 2 atom stereocenters. The van der Waals surface area contributed by atoms with Crippen LogP contribution in [0.25, 0.3) is 0 Å². The number of rotatable bonds is 5. The molecule has 1 aliphatic carbocycles. The van der Waals surface area contributed by atoms with Crippen LogP contribution in [0.5, 0.6) is 0 Å². The summed E-state index contributed by atoms with van der Waals surface area (Å²) in [6, 6.07) is 13.1. The van der Waals surface area contributed by atoms with Crippen LogP contribution >= 0.6 is 69.6 Å². The molecule has 34 heavy (non-hydrogen) atoms. The highest BCUT2D eigenvalue weighted by atomic mass is 35.5. The maximum absolute atomic E-state index is 13.7. The maximum atomic E-state index is 13.7. The van der Waals surface area contributed by atoms with Gasteiger partial charge in [-0.2, -0.15) is 0 Å². The minimum atomic E-state index is -1.36. The van der Waals surface area contributed by atoms with Crippen molar-refractivity contribution in [3.05, 3.63) is 91.6 Å². The Labute approximate surface area is 224 Å². The zero-order chi connectivity index (χ0) is 24.8. The van der Waals surface area contributed by atoms with E-state index in [1.807, 2.05) is 0 Å². The number of alkyl halides is 2. The van der Waals surface area contributed by atoms with Gasteiger partial charge in [-0.05, 0) is 60.2 Å². The van der Waals surface area contributed by atoms with Crippen LogP contribution in [0.2, 0.25) is 20.1 Å². The van der Waals surface area contributed by atoms with E-state index < -0.39 is 33.8 Å². The second kappa shape index (κ2) is 9.73. The third-order valence-corrected chi connectivity index (χ3v) is 7.25. The SMILES string of the molecule is O=C(Nc1ccc(Cl)c(F)c1)c1cc(NC(=O)C2C(c3cc(Cl)cc(Cl)c3)C2(Cl)Cl)ccc1Cl. The molecule has 0 spiro atoms. The van der Waals surface area contributed by atoms with Crippen LogP contribution in [0.3, 0.4) is 0 Å². The summed E-state index contributed by atoms with van der Waals surface area (Å²) in [5, 5.41) is 6.08. The van der Waals surface area contributed by atoms with E-state index in [9.17, 15) is 14.0 Å². The Morgan fingerprint density at radius 2 is 1.38 bits per heavy atom. The highest BCUT2D eigenvalue weighted by molar-refractivity contribution is 6.53. The van der Waals surface area contributed by atoms with Gasteiger partial charge in [0.15, 0.2) is 0 Å². The lowest BCUT2D eigenvalue weighted by Crippen LogP contribution is -2.18. The van der Waals surface area contributed by atoms with E-state index in [1.165, 1.54) is 30.3 Å². The number of nitrogens with one attached hydrogen (secondary N) is 2. The molecule has 0 aromatic heterocycles. The summed E-state index contributed by atoms with van der Waals surface area (Å²) in [7, 11) is 0. The van der Waals surface area contributed by atoms with Crippen LogP contribution in [-0.2, 0) is 4.79 Å². The van der Waals surface area contributed by atoms with Crippen molar-refractivity contribution in [1.82, 2.24) is 0 Å². The van der Waals surface area contributed by atoms with Crippen molar-refractivity contribution in [2.75, 3.05) is 10.6 Å². The summed E-state index contributed by atoms with van der Waals surface area (Å²) < 4.78 is 12.3. The number of carbonyl (C=O) groups is 2. The predicted octanol–water partition coefficient (Wildman–Crippen LogP) is 8.22. The molecular formula is C23H13Cl6FN2O2. The van der Waals surface area contributed by atoms with Gasteiger partial charge in [-0.15, -0.1) is 23.2 Å². The van der Waals surface area contributed by atoms with Crippen LogP contribution in [-0.4, -0.2) is 16.1 Å². The number of amides is 2. The van der Waals surface area contributed by atoms with Crippen LogP contribution in [0, 0.1) is 11.7 Å². The van der Waals surface area contributed by atoms with E-state index in [2.05, 4.69) is 10.6 Å². The topological polar surface area (TPSA) is 58.2 Å². The molecule has 0 aliphatic heterocycles. The summed E-state index contributed by atoms with van der Waals surface area (Å²) in [5.74, 6) is -3.06. The Balaban J connectivity index is 1.51. The lowest BCUT2D eigenvalue weighted by molar-refractivity contribution is -0.117. The van der Waals surface area contributed by atoms with Crippen molar-refractivity contribution in [3.8, 4) is 0 Å². The molecule has 2 amide bonds. The molecule has 3 aromatic carbocycles. The molecule has 3 aromatic rings. The third-order valence-electron chi connectivity index (χ3n) is 5.24. The molecule has 2 unspecified atom stereocenters. The molecule has 1 saturated carbocycles. The minimum Gasteiger partial charge on any atom is -0.326 e. The quantitative estimate of drug-likeness (QED) is 0.299. The van der Waals surface area contributed by atoms with E-state index in [-0.39, 0.29) is 21.3 Å². The molecular weight excluding hydrogens is 568 g/mol. The summed E-state index contributed by atoms with van der Waals surface area (Å²) in [6.45, 7) is 0. The molecule has 4 rings (SSSR count). The highest BCUT2D eigenvalue weighted by Crippen LogP contribution is 2.65. The summed E-state index contributed by atoms with van der Waals surface area (Å²) in [5.41, 5.74) is 1.18. The first-order valence-corrected chi connectivity index (χ1v) is 11.9. The molecule has 176 valence electrons. The Morgan fingerprint density at radius 1 is 0.794 bits per heavy atom. The van der Waals surface area contributed by atoms with Gasteiger partial charge in [-0.1, -0.05) is 46.4 Å². The molecule has 2 N–H and O–H groups in total. The molecule has 11 heteroatoms. The second-order valence-corrected chi connectivity index (χ2v) is 10.7. The standard InChI is InChI=1S/C23H13Cl6FN2O2/c24-11-5-10(6-12(25)7-11)19-20(23(19,28)29)22(34)32-13-1-3-16(26)15(8-13)21(33)31-14-2-4-17(27)18(30)9-14/h1-9,19-20H,(H,31,33)(H,32,34). The van der Waals surface area contributed by atoms with Gasteiger partial charge in [0.05, 0.1) is 21.5 Å². The fraction of sp³-hybridized carbons (Fsp3) is 0.130. The molecule has 0 heterocycles. The van der Waals surface area contributed by atoms with Gasteiger partial charge in [-0.3, -0.25) is 9.59 Å². The monoisotopic (exact) mass is 578 g/mol. The Morgan fingerprint density at radius 3 is 2.00 bits per heavy atom. The van der Waals surface area contributed by atoms with Crippen molar-refractivity contribution >= 4 is 92.8 Å². The lowest BCUT2D eigenvalue weighted by atomic mass is 10.1. The number of halogens is 7. The molecule has 1 fully saturated rings. The van der Waals surface area contributed by atoms with Gasteiger partial charge in [0.25, 0.3) is 5.91 Å². The minimum absolute atomic E-state index is 0.0619. The summed E-state index contributed by atoms with van der Waals surface area (Å²) >= 11 is 36.7. The molecule has 0 radical (unpaired) electrons. The molecule has 0 bridgehead atoms. The normalized spacial score (nSPS) is 18.3. The smallest absolute Gasteiger partial charge is 0.257 e. The van der Waals surface area contributed by atoms with Crippen LogP contribution in [0.15, 0.2) is 54.6 Å². The zero-order valence-corrected chi connectivity index (χ0v) is 21.3. The average molecular weight is 581 g/mol. The van der Waals surface area contributed by atoms with Gasteiger partial charge in [0.1, 0.15) is 10.2 Å². The number of hydrogen-bond acceptors (Lipinski definition) is 2. The predicted molar refractivity (Wildman–Crippen MR) is 137 cm³/mol. The largest absolute Gasteiger partial charge is 0.326 e. The lowest BCUT2D eigenvalue weighted by Gasteiger charge is -2.11. The molecule has 0 saturated heterocycles. The summed E-state index contributed by atoms with van der Waals surface area (Å²) in [6.07, 6.45) is 0. The first-order chi connectivity index (χ1) is 16.0. The van der Waals surface area contributed by atoms with Crippen LogP contribution in [0.4, 0.5) is 15.8 Å². The third kappa shape index (κ3) is 5.25. The fourth-order valence-electron chi connectivity index (χ4n) is 3.59. The van der Waals surface area contributed by atoms with Gasteiger partial charge >= 0.3 is 0 Å². The van der Waals surface area contributed by atoms with E-state index in [1.54, 1.807) is 18.2 Å². The number of anilines is 2. The van der Waals surface area contributed by atoms with Crippen molar-refractivity contribution in [2.45, 2.75) is 10.3 Å². The van der Waals surface area contributed by atoms with E-state index in [4.69, 9.17) is 69.6 Å².